The van der Waals surface area contributed by atoms with E-state index < -0.39 is 5.60 Å². The SMILES string of the molecule is COc1cc(OC)c([C@@](C)(O)[C@@H]2CCCN2)c(OC)c1. The van der Waals surface area contributed by atoms with Gasteiger partial charge in [-0.3, -0.25) is 0 Å². The fraction of sp³-hybridized carbons (Fsp3) is 0.600. The first-order valence-electron chi connectivity index (χ1n) is 6.80. The summed E-state index contributed by atoms with van der Waals surface area (Å²) in [6.45, 7) is 2.71. The number of hydrogen-bond donors (Lipinski definition) is 2. The quantitative estimate of drug-likeness (QED) is 0.860. The zero-order valence-corrected chi connectivity index (χ0v) is 12.5. The number of ether oxygens (including phenoxy) is 3. The normalized spacial score (nSPS) is 21.4. The summed E-state index contributed by atoms with van der Waals surface area (Å²) in [6.07, 6.45) is 1.98. The van der Waals surface area contributed by atoms with Crippen LogP contribution in [0.5, 0.6) is 17.2 Å². The van der Waals surface area contributed by atoms with Gasteiger partial charge in [0.25, 0.3) is 0 Å². The highest BCUT2D eigenvalue weighted by molar-refractivity contribution is 5.54. The number of rotatable bonds is 5. The first-order valence-corrected chi connectivity index (χ1v) is 6.80. The van der Waals surface area contributed by atoms with E-state index in [-0.39, 0.29) is 6.04 Å². The molecule has 20 heavy (non-hydrogen) atoms. The summed E-state index contributed by atoms with van der Waals surface area (Å²) in [4.78, 5) is 0. The van der Waals surface area contributed by atoms with E-state index in [1.54, 1.807) is 40.4 Å². The van der Waals surface area contributed by atoms with Gasteiger partial charge in [-0.15, -0.1) is 0 Å². The predicted molar refractivity (Wildman–Crippen MR) is 76.7 cm³/mol. The second-order valence-electron chi connectivity index (χ2n) is 5.20. The summed E-state index contributed by atoms with van der Waals surface area (Å²) >= 11 is 0. The molecule has 0 amide bonds. The second kappa shape index (κ2) is 5.89. The van der Waals surface area contributed by atoms with Crippen molar-refractivity contribution in [3.8, 4) is 17.2 Å². The van der Waals surface area contributed by atoms with Crippen molar-refractivity contribution in [2.75, 3.05) is 27.9 Å². The Balaban J connectivity index is 2.52. The molecular formula is C15H23NO4. The summed E-state index contributed by atoms with van der Waals surface area (Å²) in [6, 6.07) is 3.52. The van der Waals surface area contributed by atoms with Gasteiger partial charge in [0.2, 0.25) is 0 Å². The molecule has 112 valence electrons. The molecule has 0 unspecified atom stereocenters. The van der Waals surface area contributed by atoms with Crippen LogP contribution in [0.25, 0.3) is 0 Å². The molecule has 0 radical (unpaired) electrons. The van der Waals surface area contributed by atoms with E-state index in [4.69, 9.17) is 14.2 Å². The zero-order chi connectivity index (χ0) is 14.8. The van der Waals surface area contributed by atoms with Gasteiger partial charge >= 0.3 is 0 Å². The molecule has 2 rings (SSSR count). The van der Waals surface area contributed by atoms with Gasteiger partial charge in [-0.25, -0.2) is 0 Å². The highest BCUT2D eigenvalue weighted by Gasteiger charge is 2.40. The summed E-state index contributed by atoms with van der Waals surface area (Å²) in [7, 11) is 4.75. The summed E-state index contributed by atoms with van der Waals surface area (Å²) in [5.41, 5.74) is -0.415. The van der Waals surface area contributed by atoms with Crippen molar-refractivity contribution in [3.63, 3.8) is 0 Å². The first-order chi connectivity index (χ1) is 9.54. The van der Waals surface area contributed by atoms with Crippen molar-refractivity contribution in [3.05, 3.63) is 17.7 Å². The Morgan fingerprint density at radius 1 is 1.15 bits per heavy atom. The Morgan fingerprint density at radius 3 is 2.15 bits per heavy atom. The van der Waals surface area contributed by atoms with Crippen LogP contribution in [0.15, 0.2) is 12.1 Å². The molecule has 5 heteroatoms. The van der Waals surface area contributed by atoms with Crippen molar-refractivity contribution >= 4 is 0 Å². The highest BCUT2D eigenvalue weighted by atomic mass is 16.5. The van der Waals surface area contributed by atoms with Gasteiger partial charge in [0.1, 0.15) is 22.8 Å². The van der Waals surface area contributed by atoms with Crippen molar-refractivity contribution in [2.45, 2.75) is 31.4 Å². The van der Waals surface area contributed by atoms with Gasteiger partial charge in [0.05, 0.1) is 26.9 Å². The molecule has 0 bridgehead atoms. The lowest BCUT2D eigenvalue weighted by molar-refractivity contribution is 0.0173. The van der Waals surface area contributed by atoms with Crippen LogP contribution < -0.4 is 19.5 Å². The molecule has 1 aromatic rings. The van der Waals surface area contributed by atoms with Crippen LogP contribution in [0.1, 0.15) is 25.3 Å². The molecule has 1 aliphatic rings. The van der Waals surface area contributed by atoms with Gasteiger partial charge in [-0.2, -0.15) is 0 Å². The van der Waals surface area contributed by atoms with Crippen LogP contribution in [0, 0.1) is 0 Å². The molecular weight excluding hydrogens is 258 g/mol. The lowest BCUT2D eigenvalue weighted by Crippen LogP contribution is -2.43. The Hall–Kier alpha value is -1.46. The van der Waals surface area contributed by atoms with Crippen LogP contribution in [0.3, 0.4) is 0 Å². The molecule has 0 aliphatic carbocycles. The molecule has 2 atom stereocenters. The minimum atomic E-state index is -1.07. The standard InChI is InChI=1S/C15H23NO4/c1-15(17,13-6-5-7-16-13)14-11(19-3)8-10(18-2)9-12(14)20-4/h8-9,13,16-17H,5-7H2,1-4H3/t13-,15-/m0/s1. The third-order valence-electron chi connectivity index (χ3n) is 3.96. The molecule has 5 nitrogen and oxygen atoms in total. The van der Waals surface area contributed by atoms with Crippen LogP contribution in [-0.4, -0.2) is 39.0 Å². The average molecular weight is 281 g/mol. The van der Waals surface area contributed by atoms with Gasteiger partial charge in [-0.1, -0.05) is 0 Å². The molecule has 1 aromatic carbocycles. The fourth-order valence-corrected chi connectivity index (χ4v) is 2.84. The summed E-state index contributed by atoms with van der Waals surface area (Å²) < 4.78 is 16.1. The number of methoxy groups -OCH3 is 3. The Bertz CT molecular complexity index is 442. The maximum absolute atomic E-state index is 11.0. The van der Waals surface area contributed by atoms with Crippen molar-refractivity contribution in [1.29, 1.82) is 0 Å². The monoisotopic (exact) mass is 281 g/mol. The van der Waals surface area contributed by atoms with Gasteiger partial charge in [0, 0.05) is 18.2 Å². The topological polar surface area (TPSA) is 60.0 Å². The Morgan fingerprint density at radius 2 is 1.75 bits per heavy atom. The van der Waals surface area contributed by atoms with Crippen molar-refractivity contribution in [1.82, 2.24) is 5.32 Å². The minimum Gasteiger partial charge on any atom is -0.496 e. The summed E-state index contributed by atoms with van der Waals surface area (Å²) in [5, 5.41) is 14.3. The van der Waals surface area contributed by atoms with Crippen molar-refractivity contribution in [2.24, 2.45) is 0 Å². The van der Waals surface area contributed by atoms with Gasteiger partial charge < -0.3 is 24.6 Å². The van der Waals surface area contributed by atoms with Crippen LogP contribution in [-0.2, 0) is 5.60 Å². The minimum absolute atomic E-state index is 0.0151. The largest absolute Gasteiger partial charge is 0.496 e. The predicted octanol–water partition coefficient (Wildman–Crippen LogP) is 1.67. The molecule has 1 fully saturated rings. The van der Waals surface area contributed by atoms with E-state index in [0.717, 1.165) is 19.4 Å². The van der Waals surface area contributed by atoms with Crippen LogP contribution in [0.4, 0.5) is 0 Å². The number of benzene rings is 1. The van der Waals surface area contributed by atoms with Crippen LogP contribution >= 0.6 is 0 Å². The molecule has 0 saturated carbocycles. The maximum atomic E-state index is 11.0. The average Bonchev–Trinajstić information content (AvgIpc) is 3.00. The molecule has 1 aliphatic heterocycles. The van der Waals surface area contributed by atoms with Crippen molar-refractivity contribution < 1.29 is 19.3 Å². The van der Waals surface area contributed by atoms with E-state index in [1.807, 2.05) is 0 Å². The first kappa shape index (κ1) is 14.9. The van der Waals surface area contributed by atoms with Gasteiger partial charge in [-0.05, 0) is 26.3 Å². The smallest absolute Gasteiger partial charge is 0.132 e. The molecule has 0 aromatic heterocycles. The van der Waals surface area contributed by atoms with E-state index in [9.17, 15) is 5.11 Å². The number of nitrogens with one attached hydrogen (secondary N) is 1. The molecule has 2 N–H and O–H groups in total. The third-order valence-corrected chi connectivity index (χ3v) is 3.96. The fourth-order valence-electron chi connectivity index (χ4n) is 2.84. The zero-order valence-electron chi connectivity index (χ0n) is 12.5. The number of aliphatic hydroxyl groups is 1. The lowest BCUT2D eigenvalue weighted by atomic mass is 9.85. The number of hydrogen-bond acceptors (Lipinski definition) is 5. The Labute approximate surface area is 119 Å². The van der Waals surface area contributed by atoms with E-state index in [1.165, 1.54) is 0 Å². The summed E-state index contributed by atoms with van der Waals surface area (Å²) in [5.74, 6) is 1.78. The maximum Gasteiger partial charge on any atom is 0.132 e. The van der Waals surface area contributed by atoms with E-state index in [0.29, 0.717) is 22.8 Å². The van der Waals surface area contributed by atoms with Gasteiger partial charge in [0.15, 0.2) is 0 Å². The van der Waals surface area contributed by atoms with E-state index >= 15 is 0 Å². The van der Waals surface area contributed by atoms with E-state index in [2.05, 4.69) is 5.32 Å². The Kier molecular flexibility index (Phi) is 4.40. The highest BCUT2D eigenvalue weighted by Crippen LogP contribution is 2.43. The third kappa shape index (κ3) is 2.55. The molecule has 1 saturated heterocycles. The molecule has 0 spiro atoms. The second-order valence-corrected chi connectivity index (χ2v) is 5.20. The lowest BCUT2D eigenvalue weighted by Gasteiger charge is -2.33. The molecule has 1 heterocycles. The van der Waals surface area contributed by atoms with Crippen LogP contribution in [0.2, 0.25) is 0 Å².